The lowest BCUT2D eigenvalue weighted by Crippen LogP contribution is -2.47. The molecule has 10 nitrogen and oxygen atoms in total. The highest BCUT2D eigenvalue weighted by molar-refractivity contribution is 7.13. The Labute approximate surface area is 201 Å². The second-order valence-corrected chi connectivity index (χ2v) is 8.97. The number of pyridine rings is 2. The van der Waals surface area contributed by atoms with Crippen LogP contribution in [0.3, 0.4) is 0 Å². The van der Waals surface area contributed by atoms with Gasteiger partial charge in [-0.25, -0.2) is 9.97 Å². The van der Waals surface area contributed by atoms with E-state index in [9.17, 15) is 9.59 Å². The molecule has 0 saturated carbocycles. The molecule has 1 saturated heterocycles. The summed E-state index contributed by atoms with van der Waals surface area (Å²) >= 11 is 1.32. The minimum Gasteiger partial charge on any atom is -0.475 e. The predicted molar refractivity (Wildman–Crippen MR) is 128 cm³/mol. The molecular formula is C23H26N6O4S. The van der Waals surface area contributed by atoms with E-state index in [0.717, 1.165) is 13.1 Å². The Morgan fingerprint density at radius 2 is 1.79 bits per heavy atom. The van der Waals surface area contributed by atoms with Crippen LogP contribution < -0.4 is 14.8 Å². The Bertz CT molecular complexity index is 1130. The number of likely N-dealkylation sites (N-methyl/N-ethyl adjacent to an activating group) is 1. The third-order valence-corrected chi connectivity index (χ3v) is 5.72. The summed E-state index contributed by atoms with van der Waals surface area (Å²) in [6.45, 7) is 6.79. The average molecular weight is 483 g/mol. The van der Waals surface area contributed by atoms with Crippen LogP contribution >= 0.6 is 11.3 Å². The molecule has 1 fully saturated rings. The zero-order valence-corrected chi connectivity index (χ0v) is 20.0. The molecule has 34 heavy (non-hydrogen) atoms. The SMILES string of the molecule is CC(C)Oc1cc(C(=O)Nc2nccs2)cc(Oc2ccc(C(=O)N3CCN(C)CC3)cn2)n1. The quantitative estimate of drug-likeness (QED) is 0.547. The smallest absolute Gasteiger partial charge is 0.257 e. The fourth-order valence-electron chi connectivity index (χ4n) is 3.29. The Hall–Kier alpha value is -3.57. The van der Waals surface area contributed by atoms with E-state index in [1.54, 1.807) is 29.8 Å². The number of hydrogen-bond donors (Lipinski definition) is 1. The van der Waals surface area contributed by atoms with Gasteiger partial charge in [0.1, 0.15) is 0 Å². The van der Waals surface area contributed by atoms with Crippen LogP contribution in [0.5, 0.6) is 17.6 Å². The van der Waals surface area contributed by atoms with Crippen LogP contribution in [0.25, 0.3) is 0 Å². The van der Waals surface area contributed by atoms with Crippen molar-refractivity contribution in [2.45, 2.75) is 20.0 Å². The molecule has 0 radical (unpaired) electrons. The molecule has 11 heteroatoms. The number of carbonyl (C=O) groups excluding carboxylic acids is 2. The highest BCUT2D eigenvalue weighted by atomic mass is 32.1. The highest BCUT2D eigenvalue weighted by Crippen LogP contribution is 2.24. The molecule has 0 atom stereocenters. The summed E-state index contributed by atoms with van der Waals surface area (Å²) < 4.78 is 11.5. The standard InChI is InChI=1S/C23H26N6O4S/c1-15(2)32-19-12-17(21(30)27-23-24-6-11-34-23)13-20(26-19)33-18-5-4-16(14-25-18)22(31)29-9-7-28(3)8-10-29/h4-6,11-15H,7-10H2,1-3H3,(H,24,27,30). The molecule has 0 spiro atoms. The van der Waals surface area contributed by atoms with Gasteiger partial charge in [-0.3, -0.25) is 14.9 Å². The second-order valence-electron chi connectivity index (χ2n) is 8.07. The van der Waals surface area contributed by atoms with E-state index in [4.69, 9.17) is 9.47 Å². The van der Waals surface area contributed by atoms with Crippen molar-refractivity contribution in [1.29, 1.82) is 0 Å². The van der Waals surface area contributed by atoms with Crippen LogP contribution in [-0.2, 0) is 0 Å². The Morgan fingerprint density at radius 3 is 2.44 bits per heavy atom. The minimum atomic E-state index is -0.364. The van der Waals surface area contributed by atoms with Crippen LogP contribution in [0.2, 0.25) is 0 Å². The number of nitrogens with zero attached hydrogens (tertiary/aromatic N) is 5. The summed E-state index contributed by atoms with van der Waals surface area (Å²) in [5, 5.41) is 4.99. The number of piperazine rings is 1. The van der Waals surface area contributed by atoms with E-state index in [-0.39, 0.29) is 35.6 Å². The number of nitrogens with one attached hydrogen (secondary N) is 1. The summed E-state index contributed by atoms with van der Waals surface area (Å²) in [4.78, 5) is 42.1. The average Bonchev–Trinajstić information content (AvgIpc) is 3.32. The van der Waals surface area contributed by atoms with Gasteiger partial charge in [-0.15, -0.1) is 11.3 Å². The first-order valence-electron chi connectivity index (χ1n) is 10.9. The normalized spacial score (nSPS) is 14.2. The first-order chi connectivity index (χ1) is 16.4. The van der Waals surface area contributed by atoms with Crippen molar-refractivity contribution in [3.05, 3.63) is 53.2 Å². The highest BCUT2D eigenvalue weighted by Gasteiger charge is 2.21. The van der Waals surface area contributed by atoms with Crippen LogP contribution in [0.1, 0.15) is 34.6 Å². The van der Waals surface area contributed by atoms with Crippen LogP contribution in [0.4, 0.5) is 5.13 Å². The van der Waals surface area contributed by atoms with E-state index in [2.05, 4.69) is 25.2 Å². The Kier molecular flexibility index (Phi) is 7.33. The minimum absolute atomic E-state index is 0.0567. The Morgan fingerprint density at radius 1 is 1.03 bits per heavy atom. The molecule has 3 aromatic rings. The van der Waals surface area contributed by atoms with Crippen LogP contribution in [0, 0.1) is 0 Å². The van der Waals surface area contributed by atoms with Crippen molar-refractivity contribution in [1.82, 2.24) is 24.8 Å². The van der Waals surface area contributed by atoms with Gasteiger partial charge in [-0.2, -0.15) is 4.98 Å². The molecule has 0 aromatic carbocycles. The van der Waals surface area contributed by atoms with E-state index in [1.165, 1.54) is 23.6 Å². The zero-order chi connectivity index (χ0) is 24.1. The second kappa shape index (κ2) is 10.6. The van der Waals surface area contributed by atoms with Crippen LogP contribution in [0.15, 0.2) is 42.0 Å². The van der Waals surface area contributed by atoms with E-state index in [0.29, 0.717) is 29.3 Å². The lowest BCUT2D eigenvalue weighted by atomic mass is 10.2. The molecule has 2 amide bonds. The molecular weight excluding hydrogens is 456 g/mol. The number of anilines is 1. The molecule has 4 heterocycles. The number of ether oxygens (including phenoxy) is 2. The summed E-state index contributed by atoms with van der Waals surface area (Å²) in [5.74, 6) is 0.220. The summed E-state index contributed by atoms with van der Waals surface area (Å²) in [6, 6.07) is 6.33. The topological polar surface area (TPSA) is 110 Å². The number of carbonyl (C=O) groups is 2. The number of hydrogen-bond acceptors (Lipinski definition) is 9. The molecule has 0 unspecified atom stereocenters. The molecule has 0 bridgehead atoms. The van der Waals surface area contributed by atoms with E-state index in [1.807, 2.05) is 25.8 Å². The largest absolute Gasteiger partial charge is 0.475 e. The van der Waals surface area contributed by atoms with Gasteiger partial charge >= 0.3 is 0 Å². The Balaban J connectivity index is 1.49. The van der Waals surface area contributed by atoms with Crippen molar-refractivity contribution in [3.63, 3.8) is 0 Å². The van der Waals surface area contributed by atoms with Gasteiger partial charge in [0.15, 0.2) is 5.13 Å². The van der Waals surface area contributed by atoms with Crippen molar-refractivity contribution < 1.29 is 19.1 Å². The third-order valence-electron chi connectivity index (χ3n) is 5.03. The van der Waals surface area contributed by atoms with Gasteiger partial charge in [-0.05, 0) is 27.0 Å². The molecule has 4 rings (SSSR count). The molecule has 1 N–H and O–H groups in total. The van der Waals surface area contributed by atoms with Crippen LogP contribution in [-0.4, -0.2) is 75.9 Å². The van der Waals surface area contributed by atoms with Gasteiger partial charge in [0.25, 0.3) is 11.8 Å². The predicted octanol–water partition coefficient (Wildman–Crippen LogP) is 3.15. The zero-order valence-electron chi connectivity index (χ0n) is 19.2. The first kappa shape index (κ1) is 23.6. The van der Waals surface area contributed by atoms with Crippen molar-refractivity contribution in [3.8, 4) is 17.6 Å². The first-order valence-corrected chi connectivity index (χ1v) is 11.8. The third kappa shape index (κ3) is 6.06. The maximum atomic E-state index is 12.7. The summed E-state index contributed by atoms with van der Waals surface area (Å²) in [5.41, 5.74) is 0.794. The molecule has 0 aliphatic carbocycles. The lowest BCUT2D eigenvalue weighted by Gasteiger charge is -2.32. The molecule has 3 aromatic heterocycles. The maximum Gasteiger partial charge on any atom is 0.257 e. The molecule has 1 aliphatic heterocycles. The molecule has 1 aliphatic rings. The fourth-order valence-corrected chi connectivity index (χ4v) is 3.81. The maximum absolute atomic E-state index is 12.7. The number of amides is 2. The number of thiazole rings is 1. The lowest BCUT2D eigenvalue weighted by molar-refractivity contribution is 0.0663. The van der Waals surface area contributed by atoms with Crippen molar-refractivity contribution in [2.24, 2.45) is 0 Å². The van der Waals surface area contributed by atoms with Crippen molar-refractivity contribution in [2.75, 3.05) is 38.5 Å². The van der Waals surface area contributed by atoms with Gasteiger partial charge in [0.05, 0.1) is 17.2 Å². The number of rotatable bonds is 7. The van der Waals surface area contributed by atoms with Gasteiger partial charge in [-0.1, -0.05) is 0 Å². The molecule has 178 valence electrons. The van der Waals surface area contributed by atoms with E-state index < -0.39 is 0 Å². The van der Waals surface area contributed by atoms with Gasteiger partial charge < -0.3 is 19.3 Å². The van der Waals surface area contributed by atoms with Crippen molar-refractivity contribution >= 4 is 28.3 Å². The fraction of sp³-hybridized carbons (Fsp3) is 0.348. The van der Waals surface area contributed by atoms with E-state index >= 15 is 0 Å². The monoisotopic (exact) mass is 482 g/mol. The van der Waals surface area contributed by atoms with Gasteiger partial charge in [0.2, 0.25) is 17.6 Å². The summed E-state index contributed by atoms with van der Waals surface area (Å²) in [6.07, 6.45) is 2.95. The van der Waals surface area contributed by atoms with Gasteiger partial charge in [0, 0.05) is 62.2 Å². The number of aromatic nitrogens is 3. The summed E-state index contributed by atoms with van der Waals surface area (Å²) in [7, 11) is 2.04.